The number of carbonyl (C=O) groups excluding carboxylic acids is 2. The summed E-state index contributed by atoms with van der Waals surface area (Å²) in [6.45, 7) is 7.59. The molecule has 3 unspecified atom stereocenters. The van der Waals surface area contributed by atoms with Crippen molar-refractivity contribution in [3.05, 3.63) is 58.2 Å². The second-order valence-electron chi connectivity index (χ2n) is 7.97. The first kappa shape index (κ1) is 23.2. The minimum atomic E-state index is -0.378. The number of anilines is 1. The summed E-state index contributed by atoms with van der Waals surface area (Å²) in [5, 5.41) is 5.78. The van der Waals surface area contributed by atoms with Gasteiger partial charge in [-0.25, -0.2) is 4.98 Å². The van der Waals surface area contributed by atoms with E-state index in [0.29, 0.717) is 6.54 Å². The van der Waals surface area contributed by atoms with Gasteiger partial charge in [0, 0.05) is 37.2 Å². The molecule has 1 saturated heterocycles. The van der Waals surface area contributed by atoms with Gasteiger partial charge >= 0.3 is 0 Å². The Morgan fingerprint density at radius 3 is 2.42 bits per heavy atom. The quantitative estimate of drug-likeness (QED) is 0.624. The highest BCUT2D eigenvalue weighted by Gasteiger charge is 2.23. The van der Waals surface area contributed by atoms with Crippen molar-refractivity contribution >= 4 is 33.6 Å². The summed E-state index contributed by atoms with van der Waals surface area (Å²) >= 11 is 3.40. The van der Waals surface area contributed by atoms with Crippen molar-refractivity contribution in [2.75, 3.05) is 18.0 Å². The maximum Gasteiger partial charge on any atom is 0.222 e. The first-order chi connectivity index (χ1) is 14.8. The number of aromatic nitrogens is 1. The summed E-state index contributed by atoms with van der Waals surface area (Å²) in [5.74, 6) is 0.604. The summed E-state index contributed by atoms with van der Waals surface area (Å²) in [7, 11) is 0. The van der Waals surface area contributed by atoms with Gasteiger partial charge < -0.3 is 20.3 Å². The Kier molecular flexibility index (Phi) is 8.03. The van der Waals surface area contributed by atoms with Crippen LogP contribution in [0.25, 0.3) is 0 Å². The second-order valence-corrected chi connectivity index (χ2v) is 8.89. The number of morpholine rings is 1. The molecule has 31 heavy (non-hydrogen) atoms. The van der Waals surface area contributed by atoms with Crippen molar-refractivity contribution in [1.29, 1.82) is 0 Å². The molecule has 3 rings (SSSR count). The normalized spacial score (nSPS) is 19.5. The first-order valence-electron chi connectivity index (χ1n) is 10.4. The first-order valence-corrected chi connectivity index (χ1v) is 11.2. The minimum absolute atomic E-state index is 0.137. The molecule has 1 aromatic carbocycles. The van der Waals surface area contributed by atoms with Gasteiger partial charge in [0.05, 0.1) is 24.7 Å². The van der Waals surface area contributed by atoms with Crippen molar-refractivity contribution in [2.24, 2.45) is 0 Å². The molecule has 0 saturated carbocycles. The Morgan fingerprint density at radius 1 is 1.16 bits per heavy atom. The number of nitrogens with one attached hydrogen (secondary N) is 2. The molecule has 1 aromatic heterocycles. The predicted octanol–water partition coefficient (Wildman–Crippen LogP) is 3.34. The van der Waals surface area contributed by atoms with Crippen LogP contribution in [0.2, 0.25) is 0 Å². The smallest absolute Gasteiger partial charge is 0.222 e. The molecule has 2 heterocycles. The SMILES string of the molecule is CC(=O)NC(CC(=O)NCc1ccc(N2CC(C)OC(C)C2)nc1)c1ccc(Br)cc1. The topological polar surface area (TPSA) is 83.6 Å². The molecule has 0 radical (unpaired) electrons. The number of carbonyl (C=O) groups is 2. The molecule has 1 aliphatic rings. The van der Waals surface area contributed by atoms with Crippen molar-refractivity contribution in [2.45, 2.75) is 52.0 Å². The molecular formula is C23H29BrN4O3. The number of benzene rings is 1. The molecule has 7 nitrogen and oxygen atoms in total. The number of ether oxygens (including phenoxy) is 1. The van der Waals surface area contributed by atoms with Crippen LogP contribution in [0.4, 0.5) is 5.82 Å². The van der Waals surface area contributed by atoms with Crippen LogP contribution < -0.4 is 15.5 Å². The third kappa shape index (κ3) is 7.04. The maximum atomic E-state index is 12.5. The van der Waals surface area contributed by atoms with E-state index in [1.54, 1.807) is 6.20 Å². The number of amides is 2. The van der Waals surface area contributed by atoms with Gasteiger partial charge in [0.15, 0.2) is 0 Å². The van der Waals surface area contributed by atoms with E-state index in [9.17, 15) is 9.59 Å². The Bertz CT molecular complexity index is 879. The van der Waals surface area contributed by atoms with Crippen LogP contribution >= 0.6 is 15.9 Å². The molecule has 8 heteroatoms. The monoisotopic (exact) mass is 488 g/mol. The lowest BCUT2D eigenvalue weighted by atomic mass is 10.0. The van der Waals surface area contributed by atoms with Crippen LogP contribution in [0.5, 0.6) is 0 Å². The summed E-state index contributed by atoms with van der Waals surface area (Å²) < 4.78 is 6.72. The van der Waals surface area contributed by atoms with Gasteiger partial charge in [-0.05, 0) is 43.2 Å². The molecule has 0 aliphatic carbocycles. The van der Waals surface area contributed by atoms with Crippen LogP contribution in [0.1, 0.15) is 44.4 Å². The zero-order valence-corrected chi connectivity index (χ0v) is 19.7. The van der Waals surface area contributed by atoms with Crippen molar-refractivity contribution < 1.29 is 14.3 Å². The van der Waals surface area contributed by atoms with E-state index in [0.717, 1.165) is 34.5 Å². The molecule has 0 spiro atoms. The van der Waals surface area contributed by atoms with Gasteiger partial charge in [-0.2, -0.15) is 0 Å². The summed E-state index contributed by atoms with van der Waals surface area (Å²) in [4.78, 5) is 30.9. The van der Waals surface area contributed by atoms with E-state index >= 15 is 0 Å². The number of hydrogen-bond donors (Lipinski definition) is 2. The number of halogens is 1. The Labute approximate surface area is 191 Å². The number of nitrogens with zero attached hydrogens (tertiary/aromatic N) is 2. The summed E-state index contributed by atoms with van der Waals surface area (Å²) in [5.41, 5.74) is 1.81. The van der Waals surface area contributed by atoms with Crippen LogP contribution in [0, 0.1) is 0 Å². The standard InChI is InChI=1S/C23H29BrN4O3/c1-15-13-28(14-16(2)31-15)22-9-4-18(11-25-22)12-26-23(30)10-21(27-17(3)29)19-5-7-20(24)8-6-19/h4-9,11,15-16,21H,10,12-14H2,1-3H3,(H,26,30)(H,27,29). The van der Waals surface area contributed by atoms with Crippen LogP contribution in [-0.4, -0.2) is 42.1 Å². The fourth-order valence-corrected chi connectivity index (χ4v) is 3.99. The molecule has 2 amide bonds. The third-order valence-electron chi connectivity index (χ3n) is 5.08. The zero-order valence-electron chi connectivity index (χ0n) is 18.1. The molecule has 2 aromatic rings. The molecule has 1 fully saturated rings. The van der Waals surface area contributed by atoms with Gasteiger partial charge in [0.1, 0.15) is 5.82 Å². The lowest BCUT2D eigenvalue weighted by Gasteiger charge is -2.36. The second kappa shape index (κ2) is 10.7. The Morgan fingerprint density at radius 2 is 1.84 bits per heavy atom. The number of rotatable bonds is 7. The van der Waals surface area contributed by atoms with E-state index in [1.807, 2.05) is 36.4 Å². The molecule has 3 atom stereocenters. The highest BCUT2D eigenvalue weighted by molar-refractivity contribution is 9.10. The number of pyridine rings is 1. The maximum absolute atomic E-state index is 12.5. The van der Waals surface area contributed by atoms with E-state index in [-0.39, 0.29) is 36.5 Å². The zero-order chi connectivity index (χ0) is 22.4. The van der Waals surface area contributed by atoms with Crippen LogP contribution in [0.3, 0.4) is 0 Å². The van der Waals surface area contributed by atoms with Crippen molar-refractivity contribution in [3.63, 3.8) is 0 Å². The number of hydrogen-bond acceptors (Lipinski definition) is 5. The molecule has 166 valence electrons. The fraction of sp³-hybridized carbons (Fsp3) is 0.435. The average Bonchev–Trinajstić information content (AvgIpc) is 2.72. The average molecular weight is 489 g/mol. The molecule has 2 N–H and O–H groups in total. The fourth-order valence-electron chi connectivity index (χ4n) is 3.72. The lowest BCUT2D eigenvalue weighted by Crippen LogP contribution is -2.45. The lowest BCUT2D eigenvalue weighted by molar-refractivity contribution is -0.122. The van der Waals surface area contributed by atoms with Gasteiger partial charge in [-0.1, -0.05) is 34.1 Å². The van der Waals surface area contributed by atoms with Gasteiger partial charge in [0.25, 0.3) is 0 Å². The molecular weight excluding hydrogens is 460 g/mol. The highest BCUT2D eigenvalue weighted by Crippen LogP contribution is 2.21. The molecule has 1 aliphatic heterocycles. The van der Waals surface area contributed by atoms with Crippen molar-refractivity contribution in [1.82, 2.24) is 15.6 Å². The van der Waals surface area contributed by atoms with Gasteiger partial charge in [0.2, 0.25) is 11.8 Å². The van der Waals surface area contributed by atoms with Crippen LogP contribution in [-0.2, 0) is 20.9 Å². The van der Waals surface area contributed by atoms with Crippen LogP contribution in [0.15, 0.2) is 47.1 Å². The van der Waals surface area contributed by atoms with E-state index in [2.05, 4.69) is 50.3 Å². The van der Waals surface area contributed by atoms with Gasteiger partial charge in [-0.3, -0.25) is 9.59 Å². The van der Waals surface area contributed by atoms with Gasteiger partial charge in [-0.15, -0.1) is 0 Å². The Balaban J connectivity index is 1.55. The van der Waals surface area contributed by atoms with Crippen molar-refractivity contribution in [3.8, 4) is 0 Å². The van der Waals surface area contributed by atoms with E-state index in [4.69, 9.17) is 4.74 Å². The molecule has 0 bridgehead atoms. The van der Waals surface area contributed by atoms with E-state index in [1.165, 1.54) is 6.92 Å². The summed E-state index contributed by atoms with van der Waals surface area (Å²) in [6.07, 6.45) is 2.30. The van der Waals surface area contributed by atoms with E-state index < -0.39 is 0 Å². The Hall–Kier alpha value is -2.45. The third-order valence-corrected chi connectivity index (χ3v) is 5.61. The largest absolute Gasteiger partial charge is 0.372 e. The highest BCUT2D eigenvalue weighted by atomic mass is 79.9. The minimum Gasteiger partial charge on any atom is -0.372 e. The summed E-state index contributed by atoms with van der Waals surface area (Å²) in [6, 6.07) is 11.2. The predicted molar refractivity (Wildman–Crippen MR) is 124 cm³/mol.